The molecule has 4 nitrogen and oxygen atoms in total. The zero-order valence-electron chi connectivity index (χ0n) is 16.0. The minimum Gasteiger partial charge on any atom is -0.313 e. The van der Waals surface area contributed by atoms with Crippen molar-refractivity contribution in [1.82, 2.24) is 9.13 Å². The van der Waals surface area contributed by atoms with Gasteiger partial charge in [-0.3, -0.25) is 10.2 Å². The van der Waals surface area contributed by atoms with Crippen molar-refractivity contribution in [3.63, 3.8) is 0 Å². The standard InChI is InChI=1S/C24H20BrN3O/c1-27-23-19(11-10-17-6-3-2-4-7-17)8-5-9-21(23)28(24(27)26)16-22(29)18-12-14-20(25)15-13-18/h2-15,26H,16H2,1H3/b11-10+,26-24?. The van der Waals surface area contributed by atoms with Crippen molar-refractivity contribution in [2.24, 2.45) is 7.05 Å². The summed E-state index contributed by atoms with van der Waals surface area (Å²) in [5.41, 5.74) is 4.87. The van der Waals surface area contributed by atoms with E-state index in [1.807, 2.05) is 60.1 Å². The Bertz CT molecular complexity index is 1270. The van der Waals surface area contributed by atoms with Crippen LogP contribution in [0.3, 0.4) is 0 Å². The van der Waals surface area contributed by atoms with Crippen LogP contribution in [0.1, 0.15) is 21.5 Å². The number of carbonyl (C=O) groups excluding carboxylic acids is 1. The van der Waals surface area contributed by atoms with E-state index in [4.69, 9.17) is 5.41 Å². The van der Waals surface area contributed by atoms with E-state index in [9.17, 15) is 4.79 Å². The maximum Gasteiger partial charge on any atom is 0.203 e. The average Bonchev–Trinajstić information content (AvgIpc) is 2.99. The first-order chi connectivity index (χ1) is 14.0. The van der Waals surface area contributed by atoms with E-state index in [0.29, 0.717) is 11.2 Å². The Morgan fingerprint density at radius 3 is 2.41 bits per heavy atom. The fourth-order valence-electron chi connectivity index (χ4n) is 3.45. The van der Waals surface area contributed by atoms with Crippen molar-refractivity contribution >= 4 is 44.9 Å². The Balaban J connectivity index is 1.74. The number of halogens is 1. The van der Waals surface area contributed by atoms with Crippen LogP contribution in [0.4, 0.5) is 0 Å². The number of nitrogens with zero attached hydrogens (tertiary/aromatic N) is 2. The molecule has 0 aliphatic heterocycles. The molecule has 0 aliphatic rings. The van der Waals surface area contributed by atoms with Crippen LogP contribution in [0, 0.1) is 5.41 Å². The molecule has 144 valence electrons. The third kappa shape index (κ3) is 3.87. The molecule has 0 radical (unpaired) electrons. The quantitative estimate of drug-likeness (QED) is 0.329. The van der Waals surface area contributed by atoms with E-state index in [0.717, 1.165) is 26.6 Å². The summed E-state index contributed by atoms with van der Waals surface area (Å²) in [5, 5.41) is 8.55. The van der Waals surface area contributed by atoms with E-state index in [1.54, 1.807) is 16.7 Å². The largest absolute Gasteiger partial charge is 0.313 e. The molecular formula is C24H20BrN3O. The Morgan fingerprint density at radius 1 is 0.966 bits per heavy atom. The summed E-state index contributed by atoms with van der Waals surface area (Å²) in [4.78, 5) is 12.8. The first kappa shape index (κ1) is 19.2. The molecule has 0 fully saturated rings. The lowest BCUT2D eigenvalue weighted by molar-refractivity contribution is 0.0971. The van der Waals surface area contributed by atoms with Crippen molar-refractivity contribution in [2.75, 3.05) is 0 Å². The first-order valence-corrected chi connectivity index (χ1v) is 10.1. The second-order valence-electron chi connectivity index (χ2n) is 6.86. The zero-order chi connectivity index (χ0) is 20.4. The van der Waals surface area contributed by atoms with E-state index in [-0.39, 0.29) is 12.3 Å². The Morgan fingerprint density at radius 2 is 1.69 bits per heavy atom. The number of rotatable bonds is 5. The van der Waals surface area contributed by atoms with Crippen molar-refractivity contribution in [3.8, 4) is 0 Å². The monoisotopic (exact) mass is 445 g/mol. The number of Topliss-reactive ketones (excluding diaryl/α,β-unsaturated/α-hetero) is 1. The highest BCUT2D eigenvalue weighted by atomic mass is 79.9. The van der Waals surface area contributed by atoms with Gasteiger partial charge in [0, 0.05) is 22.6 Å². The summed E-state index contributed by atoms with van der Waals surface area (Å²) in [5.74, 6) is -0.0197. The zero-order valence-corrected chi connectivity index (χ0v) is 17.6. The van der Waals surface area contributed by atoms with E-state index in [1.165, 1.54) is 0 Å². The summed E-state index contributed by atoms with van der Waals surface area (Å²) < 4.78 is 4.52. The number of para-hydroxylation sites is 1. The van der Waals surface area contributed by atoms with Gasteiger partial charge in [0.05, 0.1) is 17.6 Å². The molecule has 0 aliphatic carbocycles. The van der Waals surface area contributed by atoms with E-state index < -0.39 is 0 Å². The first-order valence-electron chi connectivity index (χ1n) is 9.29. The van der Waals surface area contributed by atoms with Crippen molar-refractivity contribution < 1.29 is 4.79 Å². The van der Waals surface area contributed by atoms with Crippen LogP contribution in [-0.4, -0.2) is 14.9 Å². The minimum absolute atomic E-state index is 0.0197. The smallest absolute Gasteiger partial charge is 0.203 e. The summed E-state index contributed by atoms with van der Waals surface area (Å²) in [6.45, 7) is 0.129. The molecule has 0 spiro atoms. The lowest BCUT2D eigenvalue weighted by Gasteiger charge is -2.05. The molecule has 0 unspecified atom stereocenters. The van der Waals surface area contributed by atoms with Crippen LogP contribution in [0.15, 0.2) is 77.3 Å². The molecule has 1 N–H and O–H groups in total. The summed E-state index contributed by atoms with van der Waals surface area (Å²) in [6.07, 6.45) is 4.11. The molecule has 1 heterocycles. The number of hydrogen-bond acceptors (Lipinski definition) is 2. The molecule has 5 heteroatoms. The van der Waals surface area contributed by atoms with Gasteiger partial charge in [-0.1, -0.05) is 82.7 Å². The van der Waals surface area contributed by atoms with E-state index >= 15 is 0 Å². The number of carbonyl (C=O) groups is 1. The lowest BCUT2D eigenvalue weighted by Crippen LogP contribution is -2.25. The highest BCUT2D eigenvalue weighted by molar-refractivity contribution is 9.10. The SMILES string of the molecule is Cn1c(=N)n(CC(=O)c2ccc(Br)cc2)c2cccc(/C=C/c3ccccc3)c21. The predicted molar refractivity (Wildman–Crippen MR) is 121 cm³/mol. The number of hydrogen-bond donors (Lipinski definition) is 1. The predicted octanol–water partition coefficient (Wildman–Crippen LogP) is 5.28. The maximum absolute atomic E-state index is 12.8. The third-order valence-electron chi connectivity index (χ3n) is 4.97. The average molecular weight is 446 g/mol. The number of benzene rings is 3. The Hall–Kier alpha value is -3.18. The van der Waals surface area contributed by atoms with E-state index in [2.05, 4.69) is 40.2 Å². The molecule has 0 saturated carbocycles. The van der Waals surface area contributed by atoms with Gasteiger partial charge in [-0.2, -0.15) is 0 Å². The van der Waals surface area contributed by atoms with Crippen molar-refractivity contribution in [2.45, 2.75) is 6.54 Å². The molecule has 1 aromatic heterocycles. The summed E-state index contributed by atoms with van der Waals surface area (Å²) >= 11 is 3.39. The van der Waals surface area contributed by atoms with Gasteiger partial charge in [-0.25, -0.2) is 0 Å². The van der Waals surface area contributed by atoms with Gasteiger partial charge in [0.2, 0.25) is 5.62 Å². The summed E-state index contributed by atoms with van der Waals surface area (Å²) in [6, 6.07) is 23.4. The number of aryl methyl sites for hydroxylation is 1. The molecule has 4 rings (SSSR count). The van der Waals surface area contributed by atoms with Crippen molar-refractivity contribution in [1.29, 1.82) is 5.41 Å². The second kappa shape index (κ2) is 8.05. The van der Waals surface area contributed by atoms with Gasteiger partial charge in [-0.15, -0.1) is 0 Å². The van der Waals surface area contributed by atoms with Crippen LogP contribution >= 0.6 is 15.9 Å². The molecule has 0 saturated heterocycles. The number of aromatic nitrogens is 2. The summed E-state index contributed by atoms with van der Waals surface area (Å²) in [7, 11) is 1.87. The van der Waals surface area contributed by atoms with Gasteiger partial charge < -0.3 is 9.13 Å². The Labute approximate surface area is 177 Å². The van der Waals surface area contributed by atoms with Crippen molar-refractivity contribution in [3.05, 3.63) is 99.6 Å². The van der Waals surface area contributed by atoms with Crippen LogP contribution in [-0.2, 0) is 13.6 Å². The molecular weight excluding hydrogens is 426 g/mol. The molecule has 3 aromatic carbocycles. The number of fused-ring (bicyclic) bond motifs is 1. The fourth-order valence-corrected chi connectivity index (χ4v) is 3.71. The Kier molecular flexibility index (Phi) is 5.32. The van der Waals surface area contributed by atoms with Gasteiger partial charge >= 0.3 is 0 Å². The van der Waals surface area contributed by atoms with Crippen LogP contribution in [0.5, 0.6) is 0 Å². The number of imidazole rings is 1. The van der Waals surface area contributed by atoms with Gasteiger partial charge in [0.1, 0.15) is 0 Å². The highest BCUT2D eigenvalue weighted by Gasteiger charge is 2.14. The number of ketones is 1. The van der Waals surface area contributed by atoms with Gasteiger partial charge in [0.25, 0.3) is 0 Å². The third-order valence-corrected chi connectivity index (χ3v) is 5.50. The molecule has 29 heavy (non-hydrogen) atoms. The van der Waals surface area contributed by atoms with Crippen LogP contribution in [0.25, 0.3) is 23.2 Å². The molecule has 0 atom stereocenters. The van der Waals surface area contributed by atoms with Gasteiger partial charge in [-0.05, 0) is 23.8 Å². The lowest BCUT2D eigenvalue weighted by atomic mass is 10.1. The van der Waals surface area contributed by atoms with Crippen LogP contribution < -0.4 is 5.62 Å². The fraction of sp³-hybridized carbons (Fsp3) is 0.0833. The molecule has 4 aromatic rings. The normalized spacial score (nSPS) is 11.4. The number of nitrogens with one attached hydrogen (secondary N) is 1. The topological polar surface area (TPSA) is 50.8 Å². The maximum atomic E-state index is 12.8. The second-order valence-corrected chi connectivity index (χ2v) is 7.77. The molecule has 0 amide bonds. The van der Waals surface area contributed by atoms with Gasteiger partial charge in [0.15, 0.2) is 5.78 Å². The molecule has 0 bridgehead atoms. The minimum atomic E-state index is -0.0197. The highest BCUT2D eigenvalue weighted by Crippen LogP contribution is 2.21. The van der Waals surface area contributed by atoms with Crippen LogP contribution in [0.2, 0.25) is 0 Å².